The van der Waals surface area contributed by atoms with Crippen LogP contribution in [-0.2, 0) is 0 Å². The van der Waals surface area contributed by atoms with Gasteiger partial charge in [-0.25, -0.2) is 0 Å². The van der Waals surface area contributed by atoms with Crippen LogP contribution in [0.25, 0.3) is 0 Å². The van der Waals surface area contributed by atoms with Gasteiger partial charge in [0.15, 0.2) is 12.0 Å². The van der Waals surface area contributed by atoms with E-state index in [9.17, 15) is 14.9 Å². The number of hydrogen-bond donors (Lipinski definition) is 0. The minimum Gasteiger partial charge on any atom is -0.452 e. The average molecular weight is 302 g/mol. The van der Waals surface area contributed by atoms with Crippen LogP contribution in [-0.4, -0.2) is 23.0 Å². The highest BCUT2D eigenvalue weighted by atomic mass is 16.7. The van der Waals surface area contributed by atoms with Gasteiger partial charge in [-0.3, -0.25) is 19.9 Å². The minimum atomic E-state index is -0.686. The molecule has 2 heterocycles. The second-order valence-corrected chi connectivity index (χ2v) is 4.49. The molecule has 0 saturated heterocycles. The number of carbonyl (C=O) groups is 1. The molecule has 0 atom stereocenters. The number of nitro benzene ring substituents is 1. The van der Waals surface area contributed by atoms with Crippen LogP contribution in [0.5, 0.6) is 23.0 Å². The SMILES string of the molecule is Cc1ccc(Oc2cc(C=O)c([N+](=O)[O-])c3c2OCO3)cn1. The van der Waals surface area contributed by atoms with Crippen LogP contribution in [0.4, 0.5) is 5.69 Å². The van der Waals surface area contributed by atoms with Crippen molar-refractivity contribution in [1.29, 1.82) is 0 Å². The van der Waals surface area contributed by atoms with Crippen molar-refractivity contribution in [3.63, 3.8) is 0 Å². The maximum absolute atomic E-state index is 11.1. The van der Waals surface area contributed by atoms with Crippen LogP contribution in [0.2, 0.25) is 0 Å². The maximum Gasteiger partial charge on any atom is 0.325 e. The summed E-state index contributed by atoms with van der Waals surface area (Å²) >= 11 is 0. The molecule has 0 N–H and O–H groups in total. The molecule has 1 aromatic carbocycles. The number of nitrogens with zero attached hydrogens (tertiary/aromatic N) is 2. The monoisotopic (exact) mass is 302 g/mol. The third-order valence-corrected chi connectivity index (χ3v) is 3.03. The third kappa shape index (κ3) is 2.30. The molecular weight excluding hydrogens is 292 g/mol. The molecule has 2 aromatic rings. The molecule has 0 saturated carbocycles. The smallest absolute Gasteiger partial charge is 0.325 e. The van der Waals surface area contributed by atoms with Crippen LogP contribution in [0.3, 0.4) is 0 Å². The highest BCUT2D eigenvalue weighted by Gasteiger charge is 2.33. The standard InChI is InChI=1S/C14H10N2O6/c1-8-2-3-10(5-15-8)22-11-4-9(6-17)12(16(18)19)14-13(11)20-7-21-14/h2-6H,7H2,1H3. The van der Waals surface area contributed by atoms with E-state index in [1.165, 1.54) is 12.3 Å². The molecule has 1 aliphatic heterocycles. The minimum absolute atomic E-state index is 0.0953. The number of carbonyl (C=O) groups excluding carboxylic acids is 1. The number of aldehydes is 1. The van der Waals surface area contributed by atoms with Crippen LogP contribution in [0.15, 0.2) is 24.4 Å². The summed E-state index contributed by atoms with van der Waals surface area (Å²) in [7, 11) is 0. The zero-order chi connectivity index (χ0) is 15.7. The normalized spacial score (nSPS) is 12.0. The quantitative estimate of drug-likeness (QED) is 0.486. The second-order valence-electron chi connectivity index (χ2n) is 4.49. The van der Waals surface area contributed by atoms with Gasteiger partial charge in [0.1, 0.15) is 11.3 Å². The fraction of sp³-hybridized carbons (Fsp3) is 0.143. The summed E-state index contributed by atoms with van der Waals surface area (Å²) in [6.45, 7) is 1.65. The summed E-state index contributed by atoms with van der Waals surface area (Å²) in [4.78, 5) is 25.6. The number of nitro groups is 1. The number of aryl methyl sites for hydroxylation is 1. The van der Waals surface area contributed by atoms with Gasteiger partial charge in [0.2, 0.25) is 18.3 Å². The first kappa shape index (κ1) is 13.8. The molecule has 0 unspecified atom stereocenters. The van der Waals surface area contributed by atoms with Gasteiger partial charge in [0, 0.05) is 11.8 Å². The fourth-order valence-corrected chi connectivity index (χ4v) is 2.04. The Hall–Kier alpha value is -3.16. The van der Waals surface area contributed by atoms with Gasteiger partial charge in [-0.1, -0.05) is 0 Å². The third-order valence-electron chi connectivity index (χ3n) is 3.03. The van der Waals surface area contributed by atoms with Crippen molar-refractivity contribution >= 4 is 12.0 Å². The molecule has 3 rings (SSSR count). The molecule has 0 radical (unpaired) electrons. The number of ether oxygens (including phenoxy) is 3. The molecule has 1 aliphatic rings. The Morgan fingerprint density at radius 3 is 2.77 bits per heavy atom. The first-order valence-corrected chi connectivity index (χ1v) is 6.27. The molecule has 1 aromatic heterocycles. The van der Waals surface area contributed by atoms with Crippen LogP contribution in [0.1, 0.15) is 16.1 Å². The zero-order valence-corrected chi connectivity index (χ0v) is 11.4. The first-order valence-electron chi connectivity index (χ1n) is 6.27. The molecule has 8 heteroatoms. The highest BCUT2D eigenvalue weighted by molar-refractivity contribution is 5.87. The molecule has 0 bridgehead atoms. The van der Waals surface area contributed by atoms with E-state index in [4.69, 9.17) is 14.2 Å². The Morgan fingerprint density at radius 2 is 2.14 bits per heavy atom. The maximum atomic E-state index is 11.1. The van der Waals surface area contributed by atoms with E-state index in [-0.39, 0.29) is 29.6 Å². The van der Waals surface area contributed by atoms with Crippen molar-refractivity contribution in [2.75, 3.05) is 6.79 Å². The lowest BCUT2D eigenvalue weighted by atomic mass is 10.1. The first-order chi connectivity index (χ1) is 10.6. The Kier molecular flexibility index (Phi) is 3.34. The molecule has 0 amide bonds. The summed E-state index contributed by atoms with van der Waals surface area (Å²) in [6.07, 6.45) is 1.87. The number of fused-ring (bicyclic) bond motifs is 1. The molecule has 0 spiro atoms. The lowest BCUT2D eigenvalue weighted by Gasteiger charge is -2.09. The second kappa shape index (κ2) is 5.32. The van der Waals surface area contributed by atoms with Crippen LogP contribution < -0.4 is 14.2 Å². The largest absolute Gasteiger partial charge is 0.452 e. The molecular formula is C14H10N2O6. The van der Waals surface area contributed by atoms with Crippen molar-refractivity contribution < 1.29 is 23.9 Å². The van der Waals surface area contributed by atoms with Crippen molar-refractivity contribution in [2.45, 2.75) is 6.92 Å². The van der Waals surface area contributed by atoms with Gasteiger partial charge in [-0.05, 0) is 19.1 Å². The summed E-state index contributed by atoms with van der Waals surface area (Å²) in [5.41, 5.74) is 0.232. The summed E-state index contributed by atoms with van der Waals surface area (Å²) in [5.74, 6) is 0.558. The topological polar surface area (TPSA) is 101 Å². The summed E-state index contributed by atoms with van der Waals surface area (Å²) < 4.78 is 15.9. The predicted octanol–water partition coefficient (Wildman–Crippen LogP) is 2.63. The van der Waals surface area contributed by atoms with Crippen molar-refractivity contribution in [2.24, 2.45) is 0 Å². The number of benzene rings is 1. The predicted molar refractivity (Wildman–Crippen MR) is 73.7 cm³/mol. The number of pyridine rings is 1. The van der Waals surface area contributed by atoms with E-state index >= 15 is 0 Å². The lowest BCUT2D eigenvalue weighted by molar-refractivity contribution is -0.385. The molecule has 0 fully saturated rings. The van der Waals surface area contributed by atoms with E-state index in [0.29, 0.717) is 12.0 Å². The summed E-state index contributed by atoms with van der Waals surface area (Å²) in [5, 5.41) is 11.1. The fourth-order valence-electron chi connectivity index (χ4n) is 2.04. The van der Waals surface area contributed by atoms with E-state index < -0.39 is 10.6 Å². The Balaban J connectivity index is 2.09. The molecule has 22 heavy (non-hydrogen) atoms. The van der Waals surface area contributed by atoms with Crippen molar-refractivity contribution in [3.05, 3.63) is 45.8 Å². The van der Waals surface area contributed by atoms with Crippen molar-refractivity contribution in [1.82, 2.24) is 4.98 Å². The molecule has 8 nitrogen and oxygen atoms in total. The lowest BCUT2D eigenvalue weighted by Crippen LogP contribution is -1.98. The Labute approximate surface area is 124 Å². The van der Waals surface area contributed by atoms with Gasteiger partial charge in [0.25, 0.3) is 0 Å². The average Bonchev–Trinajstić information content (AvgIpc) is 2.98. The summed E-state index contributed by atoms with van der Waals surface area (Å²) in [6, 6.07) is 4.68. The van der Waals surface area contributed by atoms with Crippen LogP contribution >= 0.6 is 0 Å². The van der Waals surface area contributed by atoms with Crippen molar-refractivity contribution in [3.8, 4) is 23.0 Å². The molecule has 0 aliphatic carbocycles. The van der Waals surface area contributed by atoms with Crippen LogP contribution in [0, 0.1) is 17.0 Å². The zero-order valence-electron chi connectivity index (χ0n) is 11.4. The van der Waals surface area contributed by atoms with Gasteiger partial charge < -0.3 is 14.2 Å². The van der Waals surface area contributed by atoms with Gasteiger partial charge in [0.05, 0.1) is 11.1 Å². The van der Waals surface area contributed by atoms with E-state index in [1.807, 2.05) is 6.92 Å². The number of aromatic nitrogens is 1. The Morgan fingerprint density at radius 1 is 1.36 bits per heavy atom. The van der Waals surface area contributed by atoms with E-state index in [1.54, 1.807) is 12.1 Å². The van der Waals surface area contributed by atoms with Gasteiger partial charge >= 0.3 is 5.69 Å². The van der Waals surface area contributed by atoms with E-state index in [0.717, 1.165) is 5.69 Å². The molecule has 112 valence electrons. The highest BCUT2D eigenvalue weighted by Crippen LogP contribution is 2.49. The number of hydrogen-bond acceptors (Lipinski definition) is 7. The van der Waals surface area contributed by atoms with Gasteiger partial charge in [-0.2, -0.15) is 0 Å². The number of rotatable bonds is 4. The van der Waals surface area contributed by atoms with E-state index in [2.05, 4.69) is 4.98 Å². The Bertz CT molecular complexity index is 757. The van der Waals surface area contributed by atoms with Gasteiger partial charge in [-0.15, -0.1) is 0 Å².